The summed E-state index contributed by atoms with van der Waals surface area (Å²) in [4.78, 5) is 26.5. The Bertz CT molecular complexity index is 1460. The molecule has 1 atom stereocenters. The minimum atomic E-state index is -0.331. The number of halogens is 1. The lowest BCUT2D eigenvalue weighted by Crippen LogP contribution is -2.29. The molecule has 9 nitrogen and oxygen atoms in total. The number of para-hydroxylation sites is 1. The molecule has 2 aromatic heterocycles. The van der Waals surface area contributed by atoms with Gasteiger partial charge in [0.05, 0.1) is 28.9 Å². The number of carbonyl (C=O) groups excluding carboxylic acids is 2. The van der Waals surface area contributed by atoms with Crippen molar-refractivity contribution in [3.8, 4) is 5.75 Å². The number of aromatic nitrogens is 3. The zero-order valence-electron chi connectivity index (χ0n) is 21.0. The summed E-state index contributed by atoms with van der Waals surface area (Å²) in [6.07, 6.45) is 0.546. The second-order valence-electron chi connectivity index (χ2n) is 8.66. The number of thioether (sulfide) groups is 1. The summed E-state index contributed by atoms with van der Waals surface area (Å²) in [7, 11) is 1.78. The summed E-state index contributed by atoms with van der Waals surface area (Å²) in [6, 6.07) is 18.8. The van der Waals surface area contributed by atoms with Gasteiger partial charge in [-0.2, -0.15) is 5.10 Å². The molecule has 2 aromatic carbocycles. The Balaban J connectivity index is 1.19. The Morgan fingerprint density at radius 2 is 1.90 bits per heavy atom. The monoisotopic (exact) mass is 564 g/mol. The SMILES string of the molecule is Cn1c(CNC(=O)COc2ccccc2)nnc1SCC(=O)N1N=C(c2cccs2)CC1c1ccc(F)cc1. The van der Waals surface area contributed by atoms with Gasteiger partial charge in [0.15, 0.2) is 17.6 Å². The third kappa shape index (κ3) is 6.52. The van der Waals surface area contributed by atoms with E-state index >= 15 is 0 Å². The highest BCUT2D eigenvalue weighted by atomic mass is 32.2. The summed E-state index contributed by atoms with van der Waals surface area (Å²) in [5.74, 6) is 0.427. The normalized spacial score (nSPS) is 14.8. The first-order valence-electron chi connectivity index (χ1n) is 12.1. The molecule has 5 rings (SSSR count). The first kappa shape index (κ1) is 26.6. The standard InChI is InChI=1S/C27H25FN6O3S2/c1-33-24(15-29-25(35)16-37-20-6-3-2-4-7-20)30-31-27(33)39-17-26(36)34-22(18-9-11-19(28)12-10-18)14-21(32-34)23-8-5-13-38-23/h2-13,22H,14-17H2,1H3,(H,29,35). The molecular formula is C27H25FN6O3S2. The van der Waals surface area contributed by atoms with Gasteiger partial charge in [0.1, 0.15) is 11.6 Å². The van der Waals surface area contributed by atoms with E-state index < -0.39 is 0 Å². The Hall–Kier alpha value is -4.03. The van der Waals surface area contributed by atoms with Crippen LogP contribution in [0.2, 0.25) is 0 Å². The summed E-state index contributed by atoms with van der Waals surface area (Å²) >= 11 is 2.80. The van der Waals surface area contributed by atoms with Gasteiger partial charge in [0.2, 0.25) is 0 Å². The van der Waals surface area contributed by atoms with E-state index in [1.54, 1.807) is 47.2 Å². The molecule has 3 heterocycles. The van der Waals surface area contributed by atoms with Gasteiger partial charge in [-0.15, -0.1) is 21.5 Å². The predicted octanol–water partition coefficient (Wildman–Crippen LogP) is 4.18. The van der Waals surface area contributed by atoms with Gasteiger partial charge in [0.25, 0.3) is 11.8 Å². The van der Waals surface area contributed by atoms with E-state index in [1.165, 1.54) is 28.9 Å². The Kier molecular flexibility index (Phi) is 8.33. The maximum Gasteiger partial charge on any atom is 0.258 e. The van der Waals surface area contributed by atoms with Crippen LogP contribution in [0, 0.1) is 5.82 Å². The van der Waals surface area contributed by atoms with Crippen molar-refractivity contribution < 1.29 is 18.7 Å². The van der Waals surface area contributed by atoms with Crippen molar-refractivity contribution in [1.29, 1.82) is 0 Å². The summed E-state index contributed by atoms with van der Waals surface area (Å²) < 4.78 is 20.7. The second-order valence-corrected chi connectivity index (χ2v) is 10.5. The molecule has 1 aliphatic rings. The molecule has 4 aromatic rings. The van der Waals surface area contributed by atoms with Crippen molar-refractivity contribution in [2.75, 3.05) is 12.4 Å². The molecule has 39 heavy (non-hydrogen) atoms. The number of hydrogen-bond acceptors (Lipinski definition) is 8. The summed E-state index contributed by atoms with van der Waals surface area (Å²) in [5, 5.41) is 19.7. The molecule has 1 aliphatic heterocycles. The number of ether oxygens (including phenoxy) is 1. The Labute approximate surface area is 232 Å². The van der Waals surface area contributed by atoms with Crippen LogP contribution in [0.25, 0.3) is 0 Å². The number of amides is 2. The van der Waals surface area contributed by atoms with Gasteiger partial charge in [-0.1, -0.05) is 48.2 Å². The fraction of sp³-hybridized carbons (Fsp3) is 0.222. The minimum absolute atomic E-state index is 0.0855. The molecule has 0 spiro atoms. The van der Waals surface area contributed by atoms with Crippen molar-refractivity contribution in [3.63, 3.8) is 0 Å². The smallest absolute Gasteiger partial charge is 0.258 e. The third-order valence-electron chi connectivity index (χ3n) is 6.03. The Morgan fingerprint density at radius 3 is 2.64 bits per heavy atom. The molecule has 0 saturated heterocycles. The highest BCUT2D eigenvalue weighted by Gasteiger charge is 2.33. The third-order valence-corrected chi connectivity index (χ3v) is 7.96. The van der Waals surface area contributed by atoms with Crippen LogP contribution >= 0.6 is 23.1 Å². The van der Waals surface area contributed by atoms with E-state index in [1.807, 2.05) is 35.7 Å². The van der Waals surface area contributed by atoms with E-state index in [2.05, 4.69) is 20.6 Å². The van der Waals surface area contributed by atoms with Crippen LogP contribution in [0.4, 0.5) is 4.39 Å². The van der Waals surface area contributed by atoms with Crippen LogP contribution in [-0.4, -0.2) is 49.7 Å². The van der Waals surface area contributed by atoms with Gasteiger partial charge >= 0.3 is 0 Å². The molecule has 0 bridgehead atoms. The van der Waals surface area contributed by atoms with E-state index in [0.717, 1.165) is 16.2 Å². The molecule has 200 valence electrons. The quantitative estimate of drug-likeness (QED) is 0.290. The molecule has 1 N–H and O–H groups in total. The topological polar surface area (TPSA) is 102 Å². The van der Waals surface area contributed by atoms with E-state index in [0.29, 0.717) is 23.2 Å². The number of rotatable bonds is 10. The highest BCUT2D eigenvalue weighted by molar-refractivity contribution is 7.99. The predicted molar refractivity (Wildman–Crippen MR) is 147 cm³/mol. The maximum absolute atomic E-state index is 13.5. The summed E-state index contributed by atoms with van der Waals surface area (Å²) in [5.41, 5.74) is 1.64. The van der Waals surface area contributed by atoms with Gasteiger partial charge in [-0.3, -0.25) is 9.59 Å². The number of hydrogen-bond donors (Lipinski definition) is 1. The van der Waals surface area contributed by atoms with Crippen LogP contribution in [0.1, 0.15) is 28.7 Å². The molecule has 2 amide bonds. The molecule has 0 aliphatic carbocycles. The molecule has 12 heteroatoms. The first-order chi connectivity index (χ1) is 19.0. The Morgan fingerprint density at radius 1 is 1.10 bits per heavy atom. The largest absolute Gasteiger partial charge is 0.484 e. The van der Waals surface area contributed by atoms with Crippen molar-refractivity contribution in [2.45, 2.75) is 24.2 Å². The number of nitrogens with one attached hydrogen (secondary N) is 1. The van der Waals surface area contributed by atoms with E-state index in [4.69, 9.17) is 4.74 Å². The zero-order chi connectivity index (χ0) is 27.2. The van der Waals surface area contributed by atoms with Crippen molar-refractivity contribution in [3.05, 3.63) is 94.2 Å². The minimum Gasteiger partial charge on any atom is -0.484 e. The number of nitrogens with zero attached hydrogens (tertiary/aromatic N) is 5. The van der Waals surface area contributed by atoms with Crippen LogP contribution < -0.4 is 10.1 Å². The molecule has 1 unspecified atom stereocenters. The average molecular weight is 565 g/mol. The molecule has 0 saturated carbocycles. The van der Waals surface area contributed by atoms with Gasteiger partial charge in [0, 0.05) is 13.5 Å². The lowest BCUT2D eigenvalue weighted by atomic mass is 10.0. The van der Waals surface area contributed by atoms with Crippen LogP contribution in [0.15, 0.2) is 82.4 Å². The van der Waals surface area contributed by atoms with Crippen molar-refractivity contribution in [2.24, 2.45) is 12.1 Å². The van der Waals surface area contributed by atoms with Gasteiger partial charge in [-0.05, 0) is 41.3 Å². The molecule has 0 radical (unpaired) electrons. The lowest BCUT2D eigenvalue weighted by molar-refractivity contribution is -0.130. The van der Waals surface area contributed by atoms with E-state index in [9.17, 15) is 14.0 Å². The highest BCUT2D eigenvalue weighted by Crippen LogP contribution is 2.34. The van der Waals surface area contributed by atoms with Crippen molar-refractivity contribution in [1.82, 2.24) is 25.1 Å². The average Bonchev–Trinajstić information content (AvgIpc) is 3.71. The van der Waals surface area contributed by atoms with Crippen LogP contribution in [0.5, 0.6) is 5.75 Å². The van der Waals surface area contributed by atoms with Crippen LogP contribution in [-0.2, 0) is 23.2 Å². The molecular weight excluding hydrogens is 539 g/mol. The lowest BCUT2D eigenvalue weighted by Gasteiger charge is -2.21. The van der Waals surface area contributed by atoms with Crippen molar-refractivity contribution >= 4 is 40.6 Å². The number of carbonyl (C=O) groups is 2. The van der Waals surface area contributed by atoms with Gasteiger partial charge in [-0.25, -0.2) is 9.40 Å². The number of benzene rings is 2. The van der Waals surface area contributed by atoms with E-state index in [-0.39, 0.29) is 42.6 Å². The summed E-state index contributed by atoms with van der Waals surface area (Å²) in [6.45, 7) is 0.0548. The fourth-order valence-electron chi connectivity index (χ4n) is 3.99. The number of hydrazone groups is 1. The maximum atomic E-state index is 13.5. The fourth-order valence-corrected chi connectivity index (χ4v) is 5.49. The first-order valence-corrected chi connectivity index (χ1v) is 14.0. The number of thiophene rings is 1. The molecule has 0 fully saturated rings. The second kappa shape index (κ2) is 12.2. The van der Waals surface area contributed by atoms with Crippen LogP contribution in [0.3, 0.4) is 0 Å². The zero-order valence-corrected chi connectivity index (χ0v) is 22.6. The van der Waals surface area contributed by atoms with Gasteiger partial charge < -0.3 is 14.6 Å².